The molecule has 30 heavy (non-hydrogen) atoms. The molecule has 1 saturated carbocycles. The van der Waals surface area contributed by atoms with Crippen LogP contribution in [0, 0.1) is 0 Å². The first-order chi connectivity index (χ1) is 14.4. The number of carbonyl (C=O) groups excluding carboxylic acids is 1. The highest BCUT2D eigenvalue weighted by Gasteiger charge is 2.37. The second-order valence-corrected chi connectivity index (χ2v) is 9.61. The Morgan fingerprint density at radius 2 is 1.70 bits per heavy atom. The van der Waals surface area contributed by atoms with E-state index >= 15 is 0 Å². The highest BCUT2D eigenvalue weighted by Crippen LogP contribution is 2.39. The zero-order valence-electron chi connectivity index (χ0n) is 16.1. The molecule has 0 unspecified atom stereocenters. The van der Waals surface area contributed by atoms with Crippen molar-refractivity contribution in [2.24, 2.45) is 9.98 Å². The Balaban J connectivity index is 1.49. The van der Waals surface area contributed by atoms with E-state index in [0.717, 1.165) is 42.0 Å². The molecule has 4 nitrogen and oxygen atoms in total. The van der Waals surface area contributed by atoms with Gasteiger partial charge in [0.25, 0.3) is 0 Å². The summed E-state index contributed by atoms with van der Waals surface area (Å²) < 4.78 is 0. The molecule has 0 radical (unpaired) electrons. The van der Waals surface area contributed by atoms with Crippen molar-refractivity contribution in [3.8, 4) is 0 Å². The number of carbonyl (C=O) groups is 1. The number of nitrogens with one attached hydrogen (secondary N) is 1. The fourth-order valence-corrected chi connectivity index (χ4v) is 4.96. The van der Waals surface area contributed by atoms with Gasteiger partial charge in [0.15, 0.2) is 5.66 Å². The minimum atomic E-state index is -0.379. The summed E-state index contributed by atoms with van der Waals surface area (Å²) in [6.45, 7) is 0. The number of thioether (sulfide) groups is 1. The Labute approximate surface area is 195 Å². The molecule has 0 bridgehead atoms. The number of rotatable bonds is 4. The van der Waals surface area contributed by atoms with Crippen molar-refractivity contribution in [1.82, 2.24) is 0 Å². The Bertz CT molecular complexity index is 1010. The number of halogens is 3. The molecule has 1 fully saturated rings. The van der Waals surface area contributed by atoms with Crippen molar-refractivity contribution in [2.75, 3.05) is 11.1 Å². The van der Waals surface area contributed by atoms with E-state index in [2.05, 4.69) is 5.32 Å². The summed E-state index contributed by atoms with van der Waals surface area (Å²) in [5.74, 6) is 0.0861. The Kier molecular flexibility index (Phi) is 6.73. The predicted octanol–water partition coefficient (Wildman–Crippen LogP) is 6.88. The van der Waals surface area contributed by atoms with Crippen LogP contribution in [0.3, 0.4) is 0 Å². The normalized spacial score (nSPS) is 17.6. The molecule has 8 heteroatoms. The fraction of sp³-hybridized carbons (Fsp3) is 0.318. The largest absolute Gasteiger partial charge is 0.325 e. The Morgan fingerprint density at radius 3 is 2.40 bits per heavy atom. The molecule has 2 aromatic carbocycles. The van der Waals surface area contributed by atoms with E-state index in [0.29, 0.717) is 20.8 Å². The first kappa shape index (κ1) is 21.7. The standard InChI is InChI=1S/C22H20Cl3N3OS/c23-15-6-4-14(5-7-15)20-21(28-22(27-20)10-2-1-3-11-22)30-13-19(29)26-16-8-9-17(24)18(25)12-16/h4-9,12H,1-3,10-11,13H2,(H,26,29). The van der Waals surface area contributed by atoms with Crippen LogP contribution in [0.5, 0.6) is 0 Å². The molecule has 1 aliphatic carbocycles. The average Bonchev–Trinajstić information content (AvgIpc) is 3.08. The molecule has 4 rings (SSSR count). The molecule has 0 aromatic heterocycles. The van der Waals surface area contributed by atoms with Gasteiger partial charge in [-0.25, -0.2) is 4.99 Å². The molecular formula is C22H20Cl3N3OS. The third-order valence-corrected chi connectivity index (χ3v) is 7.10. The van der Waals surface area contributed by atoms with Crippen molar-refractivity contribution >= 4 is 68.9 Å². The van der Waals surface area contributed by atoms with Gasteiger partial charge < -0.3 is 5.32 Å². The topological polar surface area (TPSA) is 53.8 Å². The van der Waals surface area contributed by atoms with E-state index in [1.807, 2.05) is 24.3 Å². The summed E-state index contributed by atoms with van der Waals surface area (Å²) >= 11 is 19.4. The van der Waals surface area contributed by atoms with Crippen LogP contribution < -0.4 is 5.32 Å². The second-order valence-electron chi connectivity index (χ2n) is 7.39. The SMILES string of the molecule is O=C(CSC1=NC2(CCCCC2)N=C1c1ccc(Cl)cc1)Nc1ccc(Cl)c(Cl)c1. The lowest BCUT2D eigenvalue weighted by atomic mass is 9.90. The monoisotopic (exact) mass is 479 g/mol. The van der Waals surface area contributed by atoms with Crippen LogP contribution in [0.15, 0.2) is 52.4 Å². The Morgan fingerprint density at radius 1 is 0.967 bits per heavy atom. The lowest BCUT2D eigenvalue weighted by Gasteiger charge is -2.27. The van der Waals surface area contributed by atoms with Gasteiger partial charge in [0.1, 0.15) is 5.04 Å². The maximum Gasteiger partial charge on any atom is 0.234 e. The quantitative estimate of drug-likeness (QED) is 0.518. The third-order valence-electron chi connectivity index (χ3n) is 5.15. The zero-order valence-corrected chi connectivity index (χ0v) is 19.2. The van der Waals surface area contributed by atoms with E-state index in [1.165, 1.54) is 18.2 Å². The molecule has 0 atom stereocenters. The minimum Gasteiger partial charge on any atom is -0.325 e. The summed E-state index contributed by atoms with van der Waals surface area (Å²) in [6, 6.07) is 12.6. The number of benzene rings is 2. The maximum atomic E-state index is 12.5. The van der Waals surface area contributed by atoms with Crippen molar-refractivity contribution in [3.05, 3.63) is 63.1 Å². The summed E-state index contributed by atoms with van der Waals surface area (Å²) in [5.41, 5.74) is 2.05. The van der Waals surface area contributed by atoms with Gasteiger partial charge in [-0.1, -0.05) is 65.1 Å². The summed E-state index contributed by atoms with van der Waals surface area (Å²) in [4.78, 5) is 22.5. The summed E-state index contributed by atoms with van der Waals surface area (Å²) in [5, 5.41) is 5.19. The van der Waals surface area contributed by atoms with Crippen LogP contribution in [0.25, 0.3) is 0 Å². The molecule has 2 aromatic rings. The molecule has 1 spiro atoms. The van der Waals surface area contributed by atoms with Crippen LogP contribution in [0.2, 0.25) is 15.1 Å². The van der Waals surface area contributed by atoms with Gasteiger partial charge in [-0.2, -0.15) is 0 Å². The predicted molar refractivity (Wildman–Crippen MR) is 129 cm³/mol. The second kappa shape index (κ2) is 9.31. The van der Waals surface area contributed by atoms with Crippen LogP contribution in [-0.2, 0) is 4.79 Å². The molecule has 156 valence electrons. The van der Waals surface area contributed by atoms with Crippen molar-refractivity contribution in [2.45, 2.75) is 37.8 Å². The van der Waals surface area contributed by atoms with Crippen molar-refractivity contribution in [3.63, 3.8) is 0 Å². The van der Waals surface area contributed by atoms with E-state index < -0.39 is 0 Å². The zero-order chi connectivity index (χ0) is 21.1. The fourth-order valence-electron chi connectivity index (χ4n) is 3.67. The molecule has 1 N–H and O–H groups in total. The number of nitrogens with zero attached hydrogens (tertiary/aromatic N) is 2. The minimum absolute atomic E-state index is 0.138. The molecular weight excluding hydrogens is 461 g/mol. The van der Waals surface area contributed by atoms with Gasteiger partial charge in [0.05, 0.1) is 21.5 Å². The Hall–Kier alpha value is -1.53. The van der Waals surface area contributed by atoms with Crippen LogP contribution in [0.1, 0.15) is 37.7 Å². The smallest absolute Gasteiger partial charge is 0.234 e. The average molecular weight is 481 g/mol. The van der Waals surface area contributed by atoms with Gasteiger partial charge >= 0.3 is 0 Å². The first-order valence-electron chi connectivity index (χ1n) is 9.78. The maximum absolute atomic E-state index is 12.5. The van der Waals surface area contributed by atoms with Gasteiger partial charge in [0.2, 0.25) is 5.91 Å². The number of anilines is 1. The van der Waals surface area contributed by atoms with Crippen LogP contribution >= 0.6 is 46.6 Å². The van der Waals surface area contributed by atoms with Gasteiger partial charge in [-0.3, -0.25) is 9.79 Å². The number of hydrogen-bond acceptors (Lipinski definition) is 4. The molecule has 0 saturated heterocycles. The van der Waals surface area contributed by atoms with E-state index in [1.54, 1.807) is 18.2 Å². The third kappa shape index (κ3) is 5.02. The van der Waals surface area contributed by atoms with Crippen LogP contribution in [0.4, 0.5) is 5.69 Å². The van der Waals surface area contributed by atoms with Crippen molar-refractivity contribution in [1.29, 1.82) is 0 Å². The number of aliphatic imine (C=N–C) groups is 2. The lowest BCUT2D eigenvalue weighted by Crippen LogP contribution is -2.25. The van der Waals surface area contributed by atoms with Crippen molar-refractivity contribution < 1.29 is 4.79 Å². The van der Waals surface area contributed by atoms with Gasteiger partial charge in [0, 0.05) is 16.3 Å². The summed E-state index contributed by atoms with van der Waals surface area (Å²) in [6.07, 6.45) is 5.36. The highest BCUT2D eigenvalue weighted by atomic mass is 35.5. The van der Waals surface area contributed by atoms with E-state index in [9.17, 15) is 4.79 Å². The highest BCUT2D eigenvalue weighted by molar-refractivity contribution is 8.16. The molecule has 2 aliphatic rings. The lowest BCUT2D eigenvalue weighted by molar-refractivity contribution is -0.113. The molecule has 1 heterocycles. The summed E-state index contributed by atoms with van der Waals surface area (Å²) in [7, 11) is 0. The van der Waals surface area contributed by atoms with Gasteiger partial charge in [-0.15, -0.1) is 0 Å². The number of amides is 1. The molecule has 1 amide bonds. The van der Waals surface area contributed by atoms with Gasteiger partial charge in [-0.05, 0) is 56.0 Å². The van der Waals surface area contributed by atoms with Crippen LogP contribution in [-0.4, -0.2) is 28.1 Å². The molecule has 1 aliphatic heterocycles. The van der Waals surface area contributed by atoms with E-state index in [-0.39, 0.29) is 17.3 Å². The van der Waals surface area contributed by atoms with E-state index in [4.69, 9.17) is 44.8 Å². The first-order valence-corrected chi connectivity index (χ1v) is 11.9. The number of hydrogen-bond donors (Lipinski definition) is 1.